The van der Waals surface area contributed by atoms with E-state index in [1.165, 1.54) is 12.5 Å². The van der Waals surface area contributed by atoms with Crippen molar-refractivity contribution >= 4 is 17.4 Å². The third-order valence-electron chi connectivity index (χ3n) is 3.02. The molecule has 0 saturated carbocycles. The van der Waals surface area contributed by atoms with Crippen LogP contribution in [0.1, 0.15) is 36.2 Å². The maximum absolute atomic E-state index is 11.3. The molecule has 2 rings (SSSR count). The minimum atomic E-state index is -0.0505. The number of ether oxygens (including phenoxy) is 1. The number of halogens is 1. The van der Waals surface area contributed by atoms with Gasteiger partial charge in [-0.1, -0.05) is 37.1 Å². The predicted octanol–water partition coefficient (Wildman–Crippen LogP) is 5.29. The Balaban J connectivity index is 2.13. The molecule has 2 aromatic carbocycles. The molecule has 0 amide bonds. The van der Waals surface area contributed by atoms with Crippen molar-refractivity contribution in [1.82, 2.24) is 0 Å². The van der Waals surface area contributed by atoms with E-state index in [1.54, 1.807) is 18.2 Å². The van der Waals surface area contributed by atoms with Crippen LogP contribution in [0.15, 0.2) is 42.5 Å². The van der Waals surface area contributed by atoms with E-state index in [9.17, 15) is 4.79 Å². The summed E-state index contributed by atoms with van der Waals surface area (Å²) >= 11 is 6.06. The summed E-state index contributed by atoms with van der Waals surface area (Å²) in [5.74, 6) is 1.34. The Labute approximate surface area is 124 Å². The first kappa shape index (κ1) is 14.6. The third-order valence-corrected chi connectivity index (χ3v) is 3.33. The molecule has 0 aromatic heterocycles. The third kappa shape index (κ3) is 3.61. The molecule has 3 heteroatoms. The van der Waals surface area contributed by atoms with Gasteiger partial charge < -0.3 is 4.74 Å². The molecule has 2 aromatic rings. The lowest BCUT2D eigenvalue weighted by Crippen LogP contribution is -1.94. The molecule has 0 fully saturated rings. The summed E-state index contributed by atoms with van der Waals surface area (Å²) < 4.78 is 5.73. The number of carbonyl (C=O) groups is 1. The van der Waals surface area contributed by atoms with Gasteiger partial charge >= 0.3 is 0 Å². The van der Waals surface area contributed by atoms with Gasteiger partial charge in [0.05, 0.1) is 5.02 Å². The molecule has 0 heterocycles. The fourth-order valence-electron chi connectivity index (χ4n) is 1.99. The molecule has 0 spiro atoms. The van der Waals surface area contributed by atoms with E-state index in [1.807, 2.05) is 12.1 Å². The fraction of sp³-hybridized carbons (Fsp3) is 0.235. The summed E-state index contributed by atoms with van der Waals surface area (Å²) in [5, 5.41) is 0.414. The van der Waals surface area contributed by atoms with Gasteiger partial charge in [-0.3, -0.25) is 4.79 Å². The number of ketones is 1. The molecule has 0 atom stereocenters. The minimum absolute atomic E-state index is 0.0505. The zero-order valence-electron chi connectivity index (χ0n) is 11.7. The Bertz CT molecular complexity index is 603. The fourth-order valence-corrected chi connectivity index (χ4v) is 2.30. The maximum Gasteiger partial charge on any atom is 0.161 e. The average Bonchev–Trinajstić information content (AvgIpc) is 2.41. The van der Waals surface area contributed by atoms with Crippen molar-refractivity contribution < 1.29 is 9.53 Å². The Kier molecular flexibility index (Phi) is 4.80. The topological polar surface area (TPSA) is 26.3 Å². The highest BCUT2D eigenvalue weighted by Gasteiger charge is 2.07. The summed E-state index contributed by atoms with van der Waals surface area (Å²) in [5.41, 5.74) is 1.81. The van der Waals surface area contributed by atoms with Crippen molar-refractivity contribution in [3.63, 3.8) is 0 Å². The number of hydrogen-bond donors (Lipinski definition) is 0. The maximum atomic E-state index is 11.3. The SMILES string of the molecule is CCCc1ccc(Oc2ccc(C(C)=O)c(Cl)c2)cc1. The number of benzene rings is 2. The predicted molar refractivity (Wildman–Crippen MR) is 82.0 cm³/mol. The smallest absolute Gasteiger partial charge is 0.161 e. The van der Waals surface area contributed by atoms with Crippen LogP contribution in [0, 0.1) is 0 Å². The summed E-state index contributed by atoms with van der Waals surface area (Å²) in [4.78, 5) is 11.3. The molecule has 2 nitrogen and oxygen atoms in total. The van der Waals surface area contributed by atoms with Crippen LogP contribution in [-0.4, -0.2) is 5.78 Å². The molecule has 104 valence electrons. The molecule has 20 heavy (non-hydrogen) atoms. The van der Waals surface area contributed by atoms with Gasteiger partial charge in [-0.15, -0.1) is 0 Å². The van der Waals surface area contributed by atoms with Crippen LogP contribution in [0.4, 0.5) is 0 Å². The van der Waals surface area contributed by atoms with Crippen molar-refractivity contribution in [3.8, 4) is 11.5 Å². The van der Waals surface area contributed by atoms with Crippen LogP contribution in [0.2, 0.25) is 5.02 Å². The van der Waals surface area contributed by atoms with Crippen molar-refractivity contribution in [3.05, 3.63) is 58.6 Å². The second-order valence-corrected chi connectivity index (χ2v) is 5.10. The summed E-state index contributed by atoms with van der Waals surface area (Å²) in [6.45, 7) is 3.65. The zero-order valence-corrected chi connectivity index (χ0v) is 12.4. The van der Waals surface area contributed by atoms with Gasteiger partial charge in [0.2, 0.25) is 0 Å². The lowest BCUT2D eigenvalue weighted by molar-refractivity contribution is 0.101. The molecule has 0 bridgehead atoms. The molecule has 0 unspecified atom stereocenters. The largest absolute Gasteiger partial charge is 0.457 e. The first-order valence-electron chi connectivity index (χ1n) is 6.67. The zero-order chi connectivity index (χ0) is 14.5. The Morgan fingerprint density at radius 1 is 1.10 bits per heavy atom. The lowest BCUT2D eigenvalue weighted by atomic mass is 10.1. The van der Waals surface area contributed by atoms with Crippen LogP contribution >= 0.6 is 11.6 Å². The first-order valence-corrected chi connectivity index (χ1v) is 7.05. The van der Waals surface area contributed by atoms with Crippen LogP contribution in [0.5, 0.6) is 11.5 Å². The summed E-state index contributed by atoms with van der Waals surface area (Å²) in [6, 6.07) is 13.1. The van der Waals surface area contributed by atoms with Crippen molar-refractivity contribution in [2.45, 2.75) is 26.7 Å². The lowest BCUT2D eigenvalue weighted by Gasteiger charge is -2.08. The van der Waals surface area contributed by atoms with Gasteiger partial charge in [-0.2, -0.15) is 0 Å². The molecule has 0 aliphatic carbocycles. The van der Waals surface area contributed by atoms with E-state index >= 15 is 0 Å². The van der Waals surface area contributed by atoms with E-state index in [0.29, 0.717) is 16.3 Å². The highest BCUT2D eigenvalue weighted by atomic mass is 35.5. The van der Waals surface area contributed by atoms with Gasteiger partial charge in [-0.25, -0.2) is 0 Å². The van der Waals surface area contributed by atoms with Gasteiger partial charge in [0, 0.05) is 11.6 Å². The quantitative estimate of drug-likeness (QED) is 0.699. The van der Waals surface area contributed by atoms with Crippen molar-refractivity contribution in [1.29, 1.82) is 0 Å². The van der Waals surface area contributed by atoms with Crippen LogP contribution in [-0.2, 0) is 6.42 Å². The standard InChI is InChI=1S/C17H17ClO2/c1-3-4-13-5-7-14(8-6-13)20-15-9-10-16(12(2)19)17(18)11-15/h5-11H,3-4H2,1-2H3. The van der Waals surface area contributed by atoms with E-state index in [0.717, 1.165) is 18.6 Å². The van der Waals surface area contributed by atoms with Crippen molar-refractivity contribution in [2.75, 3.05) is 0 Å². The van der Waals surface area contributed by atoms with Gasteiger partial charge in [0.25, 0.3) is 0 Å². The number of hydrogen-bond acceptors (Lipinski definition) is 2. The highest BCUT2D eigenvalue weighted by molar-refractivity contribution is 6.34. The van der Waals surface area contributed by atoms with E-state index in [-0.39, 0.29) is 5.78 Å². The number of rotatable bonds is 5. The monoisotopic (exact) mass is 288 g/mol. The molecule has 0 aliphatic heterocycles. The number of carbonyl (C=O) groups excluding carboxylic acids is 1. The molecule has 0 N–H and O–H groups in total. The Hall–Kier alpha value is -1.80. The summed E-state index contributed by atoms with van der Waals surface area (Å²) in [6.07, 6.45) is 2.20. The van der Waals surface area contributed by atoms with Gasteiger partial charge in [-0.05, 0) is 43.2 Å². The van der Waals surface area contributed by atoms with E-state index in [4.69, 9.17) is 16.3 Å². The molecular formula is C17H17ClO2. The molecule has 0 saturated heterocycles. The van der Waals surface area contributed by atoms with Gasteiger partial charge in [0.1, 0.15) is 11.5 Å². The van der Waals surface area contributed by atoms with Crippen LogP contribution in [0.25, 0.3) is 0 Å². The van der Waals surface area contributed by atoms with Crippen molar-refractivity contribution in [2.24, 2.45) is 0 Å². The second-order valence-electron chi connectivity index (χ2n) is 4.69. The highest BCUT2D eigenvalue weighted by Crippen LogP contribution is 2.27. The molecule has 0 radical (unpaired) electrons. The molecular weight excluding hydrogens is 272 g/mol. The Morgan fingerprint density at radius 2 is 1.75 bits per heavy atom. The van der Waals surface area contributed by atoms with E-state index in [2.05, 4.69) is 19.1 Å². The number of Topliss-reactive ketones (excluding diaryl/α,β-unsaturated/α-hetero) is 1. The van der Waals surface area contributed by atoms with Crippen LogP contribution in [0.3, 0.4) is 0 Å². The Morgan fingerprint density at radius 3 is 2.30 bits per heavy atom. The van der Waals surface area contributed by atoms with E-state index < -0.39 is 0 Å². The minimum Gasteiger partial charge on any atom is -0.457 e. The molecule has 0 aliphatic rings. The normalized spacial score (nSPS) is 10.3. The first-order chi connectivity index (χ1) is 9.60. The number of aryl methyl sites for hydroxylation is 1. The van der Waals surface area contributed by atoms with Crippen LogP contribution < -0.4 is 4.74 Å². The second kappa shape index (κ2) is 6.58. The summed E-state index contributed by atoms with van der Waals surface area (Å²) in [7, 11) is 0. The average molecular weight is 289 g/mol. The van der Waals surface area contributed by atoms with Gasteiger partial charge in [0.15, 0.2) is 5.78 Å².